The van der Waals surface area contributed by atoms with E-state index in [4.69, 9.17) is 4.74 Å². The van der Waals surface area contributed by atoms with E-state index in [1.807, 2.05) is 60.9 Å². The number of aromatic nitrogens is 5. The molecule has 0 saturated heterocycles. The van der Waals surface area contributed by atoms with E-state index >= 15 is 0 Å². The van der Waals surface area contributed by atoms with Gasteiger partial charge in [-0.05, 0) is 76.1 Å². The molecule has 0 N–H and O–H groups in total. The predicted molar refractivity (Wildman–Crippen MR) is 133 cm³/mol. The summed E-state index contributed by atoms with van der Waals surface area (Å²) in [5.74, 6) is 1.88. The number of Topliss-reactive ketones (excluding diaryl/α,β-unsaturated/α-hetero) is 1. The maximum atomic E-state index is 13.2. The summed E-state index contributed by atoms with van der Waals surface area (Å²) in [5.41, 5.74) is 4.78. The average Bonchev–Trinajstić information content (AvgIpc) is 3.52. The van der Waals surface area contributed by atoms with Crippen LogP contribution in [0.4, 0.5) is 0 Å². The lowest BCUT2D eigenvalue weighted by molar-refractivity contribution is 0.102. The fourth-order valence-electron chi connectivity index (χ4n) is 4.30. The van der Waals surface area contributed by atoms with Gasteiger partial charge in [0, 0.05) is 46.6 Å². The number of nitrogens with zero attached hydrogens (tertiary/aromatic N) is 5. The molecule has 0 radical (unpaired) electrons. The highest BCUT2D eigenvalue weighted by Gasteiger charge is 2.28. The summed E-state index contributed by atoms with van der Waals surface area (Å²) >= 11 is 1.40. The van der Waals surface area contributed by atoms with Crippen molar-refractivity contribution in [1.29, 1.82) is 0 Å². The van der Waals surface area contributed by atoms with Gasteiger partial charge in [0.15, 0.2) is 16.8 Å². The van der Waals surface area contributed by atoms with Crippen molar-refractivity contribution in [3.8, 4) is 22.8 Å². The Morgan fingerprint density at radius 1 is 1.15 bits per heavy atom. The molecule has 3 heterocycles. The Bertz CT molecular complexity index is 1310. The standard InChI is InChI=1S/C26H27N5O2S/c1-4-33-22-11-9-21(10-12-22)31-25(19-6-5-13-27-15-19)28-29-26(31)34-16-24(32)23-14-17(2)30(18(23)3)20-7-8-20/h5-6,9-15,20H,4,7-8,16H2,1-3H3. The minimum atomic E-state index is 0.106. The Morgan fingerprint density at radius 2 is 1.94 bits per heavy atom. The number of ether oxygens (including phenoxy) is 1. The number of aryl methyl sites for hydroxylation is 1. The van der Waals surface area contributed by atoms with Crippen LogP contribution in [0.3, 0.4) is 0 Å². The molecular weight excluding hydrogens is 446 g/mol. The van der Waals surface area contributed by atoms with Gasteiger partial charge in [-0.25, -0.2) is 0 Å². The van der Waals surface area contributed by atoms with E-state index in [9.17, 15) is 4.79 Å². The van der Waals surface area contributed by atoms with Crippen LogP contribution in [0.25, 0.3) is 17.1 Å². The third kappa shape index (κ3) is 4.37. The van der Waals surface area contributed by atoms with E-state index in [1.165, 1.54) is 24.6 Å². The predicted octanol–water partition coefficient (Wildman–Crippen LogP) is 5.46. The minimum Gasteiger partial charge on any atom is -0.494 e. The molecule has 174 valence electrons. The van der Waals surface area contributed by atoms with Gasteiger partial charge in [-0.1, -0.05) is 11.8 Å². The number of ketones is 1. The maximum Gasteiger partial charge on any atom is 0.196 e. The van der Waals surface area contributed by atoms with Gasteiger partial charge in [0.25, 0.3) is 0 Å². The molecular formula is C26H27N5O2S. The number of benzene rings is 1. The zero-order valence-electron chi connectivity index (χ0n) is 19.6. The highest BCUT2D eigenvalue weighted by molar-refractivity contribution is 7.99. The van der Waals surface area contributed by atoms with Crippen LogP contribution in [-0.2, 0) is 0 Å². The molecule has 0 atom stereocenters. The highest BCUT2D eigenvalue weighted by atomic mass is 32.2. The summed E-state index contributed by atoms with van der Waals surface area (Å²) in [6, 6.07) is 14.2. The normalized spacial score (nSPS) is 13.3. The van der Waals surface area contributed by atoms with E-state index in [0.717, 1.165) is 34.0 Å². The van der Waals surface area contributed by atoms with Crippen molar-refractivity contribution in [2.45, 2.75) is 44.8 Å². The number of hydrogen-bond donors (Lipinski definition) is 0. The molecule has 0 amide bonds. The lowest BCUT2D eigenvalue weighted by atomic mass is 10.2. The van der Waals surface area contributed by atoms with Crippen molar-refractivity contribution in [2.75, 3.05) is 12.4 Å². The van der Waals surface area contributed by atoms with Crippen LogP contribution in [0, 0.1) is 13.8 Å². The highest BCUT2D eigenvalue weighted by Crippen LogP contribution is 2.38. The SMILES string of the molecule is CCOc1ccc(-n2c(SCC(=O)c3cc(C)n(C4CC4)c3C)nnc2-c2cccnc2)cc1. The van der Waals surface area contributed by atoms with Crippen molar-refractivity contribution >= 4 is 17.5 Å². The van der Waals surface area contributed by atoms with Crippen molar-refractivity contribution in [3.05, 3.63) is 71.8 Å². The molecule has 5 rings (SSSR count). The van der Waals surface area contributed by atoms with E-state index < -0.39 is 0 Å². The van der Waals surface area contributed by atoms with Gasteiger partial charge >= 0.3 is 0 Å². The first-order valence-electron chi connectivity index (χ1n) is 11.5. The third-order valence-corrected chi connectivity index (χ3v) is 6.92. The van der Waals surface area contributed by atoms with E-state index in [1.54, 1.807) is 12.4 Å². The number of pyridine rings is 1. The summed E-state index contributed by atoms with van der Waals surface area (Å²) in [7, 11) is 0. The smallest absolute Gasteiger partial charge is 0.196 e. The molecule has 1 aliphatic carbocycles. The van der Waals surface area contributed by atoms with Crippen LogP contribution in [0.5, 0.6) is 5.75 Å². The number of hydrogen-bond acceptors (Lipinski definition) is 6. The molecule has 0 bridgehead atoms. The first kappa shape index (κ1) is 22.4. The van der Waals surface area contributed by atoms with E-state index in [-0.39, 0.29) is 11.5 Å². The number of carbonyl (C=O) groups excluding carboxylic acids is 1. The Hall–Kier alpha value is -3.39. The molecule has 0 aliphatic heterocycles. The molecule has 0 spiro atoms. The second-order valence-electron chi connectivity index (χ2n) is 8.41. The summed E-state index contributed by atoms with van der Waals surface area (Å²) in [6.45, 7) is 6.70. The zero-order chi connectivity index (χ0) is 23.7. The van der Waals surface area contributed by atoms with Gasteiger partial charge in [-0.2, -0.15) is 0 Å². The van der Waals surface area contributed by atoms with Crippen LogP contribution in [0.2, 0.25) is 0 Å². The van der Waals surface area contributed by atoms with Crippen LogP contribution >= 0.6 is 11.8 Å². The Morgan fingerprint density at radius 3 is 2.62 bits per heavy atom. The van der Waals surface area contributed by atoms with Crippen molar-refractivity contribution < 1.29 is 9.53 Å². The van der Waals surface area contributed by atoms with Crippen LogP contribution in [0.15, 0.2) is 60.0 Å². The largest absolute Gasteiger partial charge is 0.494 e. The van der Waals surface area contributed by atoms with Crippen LogP contribution in [0.1, 0.15) is 47.6 Å². The molecule has 8 heteroatoms. The van der Waals surface area contributed by atoms with Crippen LogP contribution in [-0.4, -0.2) is 42.5 Å². The molecule has 1 saturated carbocycles. The molecule has 4 aromatic rings. The molecule has 3 aromatic heterocycles. The summed E-state index contributed by atoms with van der Waals surface area (Å²) in [4.78, 5) is 17.4. The number of thioether (sulfide) groups is 1. The van der Waals surface area contributed by atoms with Crippen molar-refractivity contribution in [1.82, 2.24) is 24.3 Å². The fourth-order valence-corrected chi connectivity index (χ4v) is 5.13. The first-order chi connectivity index (χ1) is 16.6. The number of rotatable bonds is 9. The lowest BCUT2D eigenvalue weighted by Gasteiger charge is -2.11. The molecule has 34 heavy (non-hydrogen) atoms. The topological polar surface area (TPSA) is 74.8 Å². The molecule has 1 aliphatic rings. The Kier molecular flexibility index (Phi) is 6.24. The first-order valence-corrected chi connectivity index (χ1v) is 12.5. The third-order valence-electron chi connectivity index (χ3n) is 5.99. The summed E-state index contributed by atoms with van der Waals surface area (Å²) in [6.07, 6.45) is 5.89. The van der Waals surface area contributed by atoms with Gasteiger partial charge in [0.1, 0.15) is 5.75 Å². The van der Waals surface area contributed by atoms with Crippen molar-refractivity contribution in [2.24, 2.45) is 0 Å². The maximum absolute atomic E-state index is 13.2. The van der Waals surface area contributed by atoms with Gasteiger partial charge < -0.3 is 9.30 Å². The Labute approximate surface area is 203 Å². The van der Waals surface area contributed by atoms with Gasteiger partial charge in [-0.3, -0.25) is 14.3 Å². The van der Waals surface area contributed by atoms with Gasteiger partial charge in [-0.15, -0.1) is 10.2 Å². The molecule has 0 unspecified atom stereocenters. The quantitative estimate of drug-likeness (QED) is 0.237. The second-order valence-corrected chi connectivity index (χ2v) is 9.35. The Balaban J connectivity index is 1.44. The monoisotopic (exact) mass is 473 g/mol. The summed E-state index contributed by atoms with van der Waals surface area (Å²) in [5, 5.41) is 9.54. The molecule has 1 aromatic carbocycles. The summed E-state index contributed by atoms with van der Waals surface area (Å²) < 4.78 is 9.87. The fraction of sp³-hybridized carbons (Fsp3) is 0.308. The second kappa shape index (κ2) is 9.46. The van der Waals surface area contributed by atoms with Gasteiger partial charge in [0.05, 0.1) is 12.4 Å². The molecule has 1 fully saturated rings. The van der Waals surface area contributed by atoms with Crippen LogP contribution < -0.4 is 4.74 Å². The zero-order valence-corrected chi connectivity index (χ0v) is 20.4. The lowest BCUT2D eigenvalue weighted by Crippen LogP contribution is -2.07. The number of carbonyl (C=O) groups is 1. The van der Waals surface area contributed by atoms with E-state index in [0.29, 0.717) is 23.6 Å². The minimum absolute atomic E-state index is 0.106. The van der Waals surface area contributed by atoms with Gasteiger partial charge in [0.2, 0.25) is 0 Å². The van der Waals surface area contributed by atoms with Crippen molar-refractivity contribution in [3.63, 3.8) is 0 Å². The van der Waals surface area contributed by atoms with E-state index in [2.05, 4.69) is 26.7 Å². The molecule has 7 nitrogen and oxygen atoms in total. The average molecular weight is 474 g/mol.